The van der Waals surface area contributed by atoms with Crippen LogP contribution in [-0.2, 0) is 9.47 Å². The summed E-state index contributed by atoms with van der Waals surface area (Å²) in [4.78, 5) is 35.1. The molecule has 9 heteroatoms. The van der Waals surface area contributed by atoms with Crippen molar-refractivity contribution in [2.45, 2.75) is 95.1 Å². The summed E-state index contributed by atoms with van der Waals surface area (Å²) < 4.78 is 17.5. The highest BCUT2D eigenvalue weighted by Gasteiger charge is 2.33. The number of carbonyl (C=O) groups is 2. The van der Waals surface area contributed by atoms with Gasteiger partial charge in [-0.15, -0.1) is 11.8 Å². The Morgan fingerprint density at radius 1 is 1.15 bits per heavy atom. The van der Waals surface area contributed by atoms with E-state index < -0.39 is 5.60 Å². The third kappa shape index (κ3) is 8.38. The van der Waals surface area contributed by atoms with Gasteiger partial charge in [0.15, 0.2) is 6.10 Å². The molecule has 2 aliphatic rings. The molecule has 1 aliphatic heterocycles. The van der Waals surface area contributed by atoms with Crippen LogP contribution in [0.15, 0.2) is 35.4 Å². The van der Waals surface area contributed by atoms with E-state index in [1.165, 1.54) is 25.5 Å². The molecule has 0 spiro atoms. The molecule has 0 bridgehead atoms. The minimum absolute atomic E-state index is 0.00177. The summed E-state index contributed by atoms with van der Waals surface area (Å²) >= 11 is 1.66. The first-order valence-corrected chi connectivity index (χ1v) is 15.5. The van der Waals surface area contributed by atoms with Crippen molar-refractivity contribution < 1.29 is 23.8 Å². The molecule has 8 nitrogen and oxygen atoms in total. The molecular weight excluding hydrogens is 538 g/mol. The molecule has 4 rings (SSSR count). The van der Waals surface area contributed by atoms with Crippen LogP contribution in [0, 0.1) is 6.92 Å². The second-order valence-electron chi connectivity index (χ2n) is 12.5. The number of benzene rings is 1. The summed E-state index contributed by atoms with van der Waals surface area (Å²) in [5.41, 5.74) is 2.96. The molecule has 1 saturated heterocycles. The molecule has 0 radical (unpaired) electrons. The maximum Gasteiger partial charge on any atom is 0.410 e. The number of nitrogens with zero attached hydrogens (tertiary/aromatic N) is 3. The molecule has 1 aliphatic carbocycles. The lowest BCUT2D eigenvalue weighted by molar-refractivity contribution is -0.00326. The normalized spacial score (nSPS) is 18.8. The van der Waals surface area contributed by atoms with Crippen LogP contribution >= 0.6 is 11.8 Å². The summed E-state index contributed by atoms with van der Waals surface area (Å²) in [6.45, 7) is 16.5. The number of piperazine rings is 1. The van der Waals surface area contributed by atoms with Gasteiger partial charge in [-0.2, -0.15) is 0 Å². The Morgan fingerprint density at radius 3 is 2.44 bits per heavy atom. The number of amides is 1. The second-order valence-corrected chi connectivity index (χ2v) is 14.1. The lowest BCUT2D eigenvalue weighted by Gasteiger charge is -2.41. The summed E-state index contributed by atoms with van der Waals surface area (Å²) in [6.07, 6.45) is 3.83. The third-order valence-electron chi connectivity index (χ3n) is 7.28. The Kier molecular flexibility index (Phi) is 9.90. The van der Waals surface area contributed by atoms with E-state index in [-0.39, 0.29) is 24.2 Å². The van der Waals surface area contributed by atoms with Gasteiger partial charge in [0, 0.05) is 43.7 Å². The molecule has 1 amide bonds. The molecule has 1 aromatic heterocycles. The summed E-state index contributed by atoms with van der Waals surface area (Å²) in [5, 5.41) is 0.293. The van der Waals surface area contributed by atoms with Gasteiger partial charge in [-0.25, -0.2) is 9.59 Å². The number of pyridine rings is 1. The number of rotatable bonds is 9. The van der Waals surface area contributed by atoms with Crippen LogP contribution < -0.4 is 4.74 Å². The first-order chi connectivity index (χ1) is 19.3. The Morgan fingerprint density at radius 2 is 1.88 bits per heavy atom. The zero-order chi connectivity index (χ0) is 29.9. The van der Waals surface area contributed by atoms with E-state index in [1.807, 2.05) is 50.9 Å². The zero-order valence-electron chi connectivity index (χ0n) is 25.7. The smallest absolute Gasteiger partial charge is 0.410 e. The number of thioether (sulfide) groups is 1. The lowest BCUT2D eigenvalue weighted by atomic mass is 10.1. The highest BCUT2D eigenvalue weighted by Crippen LogP contribution is 2.41. The van der Waals surface area contributed by atoms with Crippen molar-refractivity contribution in [3.05, 3.63) is 52.8 Å². The minimum atomic E-state index is -0.529. The Labute approximate surface area is 249 Å². The molecule has 1 aromatic carbocycles. The standard InChI is InChI=1S/C32H45N3O5S/c1-20(2)41-29-16-25(30(36)38-8)21(3)15-27(29)39-28(26-12-11-24(17-33-26)23-9-10-23)19-34-13-14-35(22(4)18-34)31(37)40-32(5,6)7/h11-12,15-17,20,22-23,28H,9-10,13-14,18-19H2,1-8H3/t22-,28-/m1/s1. The number of esters is 1. The van der Waals surface area contributed by atoms with E-state index in [0.717, 1.165) is 21.9 Å². The van der Waals surface area contributed by atoms with Crippen LogP contribution in [-0.4, -0.2) is 77.0 Å². The SMILES string of the molecule is COC(=O)c1cc(SC(C)C)c(O[C@H](CN2CCN(C(=O)OC(C)(C)C)[C@H](C)C2)c2ccc(C3CC3)cn2)cc1C. The summed E-state index contributed by atoms with van der Waals surface area (Å²) in [7, 11) is 1.40. The maximum absolute atomic E-state index is 12.8. The van der Waals surface area contributed by atoms with Gasteiger partial charge in [-0.1, -0.05) is 19.9 Å². The van der Waals surface area contributed by atoms with Crippen LogP contribution in [0.1, 0.15) is 93.6 Å². The van der Waals surface area contributed by atoms with E-state index in [4.69, 9.17) is 19.2 Å². The number of methoxy groups -OCH3 is 1. The Hall–Kier alpha value is -2.78. The monoisotopic (exact) mass is 583 g/mol. The molecule has 224 valence electrons. The molecule has 2 heterocycles. The first kappa shape index (κ1) is 31.2. The predicted octanol–water partition coefficient (Wildman–Crippen LogP) is 6.62. The maximum atomic E-state index is 12.8. The van der Waals surface area contributed by atoms with Crippen molar-refractivity contribution in [1.29, 1.82) is 0 Å². The van der Waals surface area contributed by atoms with Gasteiger partial charge in [-0.05, 0) is 82.7 Å². The van der Waals surface area contributed by atoms with Gasteiger partial charge in [0.2, 0.25) is 0 Å². The van der Waals surface area contributed by atoms with Gasteiger partial charge in [0.25, 0.3) is 0 Å². The molecule has 2 aromatic rings. The summed E-state index contributed by atoms with van der Waals surface area (Å²) in [6, 6.07) is 8.08. The number of hydrogen-bond donors (Lipinski definition) is 0. The van der Waals surface area contributed by atoms with E-state index >= 15 is 0 Å². The van der Waals surface area contributed by atoms with Gasteiger partial charge >= 0.3 is 12.1 Å². The Balaban J connectivity index is 1.58. The fraction of sp³-hybridized carbons (Fsp3) is 0.594. The van der Waals surface area contributed by atoms with Gasteiger partial charge in [0.05, 0.1) is 23.3 Å². The molecular formula is C32H45N3O5S. The van der Waals surface area contributed by atoms with E-state index in [9.17, 15) is 9.59 Å². The lowest BCUT2D eigenvalue weighted by Crippen LogP contribution is -2.55. The molecule has 0 N–H and O–H groups in total. The van der Waals surface area contributed by atoms with E-state index in [1.54, 1.807) is 11.8 Å². The van der Waals surface area contributed by atoms with Crippen LogP contribution in [0.3, 0.4) is 0 Å². The largest absolute Gasteiger partial charge is 0.482 e. The average Bonchev–Trinajstić information content (AvgIpc) is 3.74. The van der Waals surface area contributed by atoms with E-state index in [0.29, 0.717) is 42.9 Å². The van der Waals surface area contributed by atoms with Crippen molar-refractivity contribution in [2.75, 3.05) is 33.3 Å². The highest BCUT2D eigenvalue weighted by atomic mass is 32.2. The van der Waals surface area contributed by atoms with Crippen molar-refractivity contribution in [2.24, 2.45) is 0 Å². The average molecular weight is 584 g/mol. The van der Waals surface area contributed by atoms with Crippen LogP contribution in [0.4, 0.5) is 4.79 Å². The Bertz CT molecular complexity index is 1220. The third-order valence-corrected chi connectivity index (χ3v) is 8.32. The molecule has 2 fully saturated rings. The quantitative estimate of drug-likeness (QED) is 0.241. The highest BCUT2D eigenvalue weighted by molar-refractivity contribution is 8.00. The van der Waals surface area contributed by atoms with Crippen LogP contribution in [0.25, 0.3) is 0 Å². The van der Waals surface area contributed by atoms with Crippen molar-refractivity contribution in [1.82, 2.24) is 14.8 Å². The number of aromatic nitrogens is 1. The minimum Gasteiger partial charge on any atom is -0.482 e. The number of hydrogen-bond acceptors (Lipinski definition) is 8. The van der Waals surface area contributed by atoms with Crippen LogP contribution in [0.5, 0.6) is 5.75 Å². The predicted molar refractivity (Wildman–Crippen MR) is 162 cm³/mol. The fourth-order valence-electron chi connectivity index (χ4n) is 5.06. The van der Waals surface area contributed by atoms with Gasteiger partial charge in [0.1, 0.15) is 11.4 Å². The number of carbonyl (C=O) groups excluding carboxylic acids is 2. The second kappa shape index (κ2) is 13.0. The van der Waals surface area contributed by atoms with Crippen molar-refractivity contribution >= 4 is 23.8 Å². The molecule has 2 atom stereocenters. The van der Waals surface area contributed by atoms with Gasteiger partial charge in [-0.3, -0.25) is 9.88 Å². The molecule has 1 saturated carbocycles. The zero-order valence-corrected chi connectivity index (χ0v) is 26.5. The van der Waals surface area contributed by atoms with Crippen LogP contribution in [0.2, 0.25) is 0 Å². The fourth-order valence-corrected chi connectivity index (χ4v) is 5.98. The number of aryl methyl sites for hydroxylation is 1. The van der Waals surface area contributed by atoms with Crippen molar-refractivity contribution in [3.8, 4) is 5.75 Å². The first-order valence-electron chi connectivity index (χ1n) is 14.6. The van der Waals surface area contributed by atoms with E-state index in [2.05, 4.69) is 37.8 Å². The van der Waals surface area contributed by atoms with Gasteiger partial charge < -0.3 is 19.1 Å². The number of ether oxygens (including phenoxy) is 3. The summed E-state index contributed by atoms with van der Waals surface area (Å²) in [5.74, 6) is 0.998. The topological polar surface area (TPSA) is 81.2 Å². The molecule has 41 heavy (non-hydrogen) atoms. The van der Waals surface area contributed by atoms with Crippen molar-refractivity contribution in [3.63, 3.8) is 0 Å². The molecule has 0 unspecified atom stereocenters.